The minimum Gasteiger partial charge on any atom is -0.444 e. The molecule has 0 saturated heterocycles. The van der Waals surface area contributed by atoms with Crippen molar-refractivity contribution in [1.29, 1.82) is 0 Å². The average molecular weight is 341 g/mol. The maximum atomic E-state index is 6.21. The number of benzene rings is 2. The fraction of sp³-hybridized carbons (Fsp3) is 0.250. The highest BCUT2D eigenvalue weighted by atomic mass is 16.4. The van der Waals surface area contributed by atoms with Gasteiger partial charge in [0.05, 0.1) is 11.4 Å². The number of anilines is 3. The SMILES string of the molecule is Cc1ccc2c(c1)C=Cc1cc(C)oc1N2c1cccc2c1CCCC2. The summed E-state index contributed by atoms with van der Waals surface area (Å²) >= 11 is 0. The van der Waals surface area contributed by atoms with Gasteiger partial charge in [-0.1, -0.05) is 29.8 Å². The van der Waals surface area contributed by atoms with Gasteiger partial charge in [-0.15, -0.1) is 0 Å². The van der Waals surface area contributed by atoms with Gasteiger partial charge in [0.2, 0.25) is 5.88 Å². The van der Waals surface area contributed by atoms with Gasteiger partial charge in [0.25, 0.3) is 0 Å². The third-order valence-corrected chi connectivity index (χ3v) is 5.54. The summed E-state index contributed by atoms with van der Waals surface area (Å²) in [7, 11) is 0. The third kappa shape index (κ3) is 2.40. The number of aryl methyl sites for hydroxylation is 3. The Kier molecular flexibility index (Phi) is 3.53. The molecule has 0 spiro atoms. The molecular weight excluding hydrogens is 318 g/mol. The van der Waals surface area contributed by atoms with E-state index in [-0.39, 0.29) is 0 Å². The molecule has 2 aliphatic rings. The molecule has 0 bridgehead atoms. The van der Waals surface area contributed by atoms with Crippen molar-refractivity contribution in [3.8, 4) is 0 Å². The summed E-state index contributed by atoms with van der Waals surface area (Å²) in [5.74, 6) is 1.88. The Hall–Kier alpha value is -2.74. The van der Waals surface area contributed by atoms with Crippen LogP contribution in [0.5, 0.6) is 0 Å². The van der Waals surface area contributed by atoms with E-state index in [4.69, 9.17) is 4.42 Å². The predicted octanol–water partition coefficient (Wildman–Crippen LogP) is 6.73. The van der Waals surface area contributed by atoms with Crippen LogP contribution in [0, 0.1) is 13.8 Å². The summed E-state index contributed by atoms with van der Waals surface area (Å²) in [6, 6.07) is 15.5. The van der Waals surface area contributed by atoms with Crippen molar-refractivity contribution in [3.63, 3.8) is 0 Å². The molecule has 130 valence electrons. The summed E-state index contributed by atoms with van der Waals surface area (Å²) in [4.78, 5) is 2.33. The zero-order valence-corrected chi connectivity index (χ0v) is 15.4. The fourth-order valence-corrected chi connectivity index (χ4v) is 4.33. The molecule has 2 heterocycles. The van der Waals surface area contributed by atoms with Crippen LogP contribution in [0.25, 0.3) is 12.2 Å². The Bertz CT molecular complexity index is 1020. The summed E-state index contributed by atoms with van der Waals surface area (Å²) < 4.78 is 6.21. The molecule has 5 rings (SSSR count). The predicted molar refractivity (Wildman–Crippen MR) is 108 cm³/mol. The lowest BCUT2D eigenvalue weighted by Gasteiger charge is -2.29. The maximum Gasteiger partial charge on any atom is 0.211 e. The molecule has 26 heavy (non-hydrogen) atoms. The van der Waals surface area contributed by atoms with Gasteiger partial charge in [0.1, 0.15) is 5.76 Å². The van der Waals surface area contributed by atoms with Crippen LogP contribution in [0.1, 0.15) is 46.4 Å². The van der Waals surface area contributed by atoms with E-state index in [2.05, 4.69) is 66.4 Å². The number of nitrogens with zero attached hydrogens (tertiary/aromatic N) is 1. The van der Waals surface area contributed by atoms with E-state index in [1.54, 1.807) is 0 Å². The molecule has 0 amide bonds. The van der Waals surface area contributed by atoms with E-state index in [1.807, 2.05) is 6.92 Å². The highest BCUT2D eigenvalue weighted by Crippen LogP contribution is 2.45. The zero-order chi connectivity index (χ0) is 17.7. The largest absolute Gasteiger partial charge is 0.444 e. The van der Waals surface area contributed by atoms with Crippen molar-refractivity contribution in [2.24, 2.45) is 0 Å². The Morgan fingerprint density at radius 2 is 1.69 bits per heavy atom. The van der Waals surface area contributed by atoms with Gasteiger partial charge < -0.3 is 4.42 Å². The molecule has 0 unspecified atom stereocenters. The van der Waals surface area contributed by atoms with E-state index >= 15 is 0 Å². The van der Waals surface area contributed by atoms with E-state index in [0.29, 0.717) is 0 Å². The van der Waals surface area contributed by atoms with Crippen LogP contribution in [-0.4, -0.2) is 0 Å². The lowest BCUT2D eigenvalue weighted by atomic mass is 9.90. The third-order valence-electron chi connectivity index (χ3n) is 5.54. The number of hydrogen-bond donors (Lipinski definition) is 0. The standard InChI is InChI=1S/C24H23NO/c1-16-10-13-22-19(14-16)11-12-20-15-17(2)26-24(20)25(22)23-9-5-7-18-6-3-4-8-21(18)23/h5,7,9-15H,3-4,6,8H2,1-2H3. The van der Waals surface area contributed by atoms with Crippen molar-refractivity contribution >= 4 is 29.4 Å². The number of furan rings is 1. The molecular formula is C24H23NO. The number of fused-ring (bicyclic) bond motifs is 3. The second kappa shape index (κ2) is 5.91. The Balaban J connectivity index is 1.80. The van der Waals surface area contributed by atoms with Gasteiger partial charge in [0, 0.05) is 5.56 Å². The van der Waals surface area contributed by atoms with Crippen LogP contribution < -0.4 is 4.90 Å². The Morgan fingerprint density at radius 3 is 2.62 bits per heavy atom. The molecule has 0 saturated carbocycles. The van der Waals surface area contributed by atoms with E-state index < -0.39 is 0 Å². The molecule has 2 aromatic carbocycles. The van der Waals surface area contributed by atoms with Crippen LogP contribution in [0.2, 0.25) is 0 Å². The lowest BCUT2D eigenvalue weighted by molar-refractivity contribution is 0.540. The number of hydrogen-bond acceptors (Lipinski definition) is 2. The topological polar surface area (TPSA) is 16.4 Å². The molecule has 0 atom stereocenters. The Morgan fingerprint density at radius 1 is 0.846 bits per heavy atom. The van der Waals surface area contributed by atoms with Gasteiger partial charge >= 0.3 is 0 Å². The first-order valence-corrected chi connectivity index (χ1v) is 9.51. The van der Waals surface area contributed by atoms with Gasteiger partial charge in [0.15, 0.2) is 0 Å². The van der Waals surface area contributed by atoms with Crippen LogP contribution >= 0.6 is 0 Å². The van der Waals surface area contributed by atoms with Crippen molar-refractivity contribution < 1.29 is 4.42 Å². The summed E-state index contributed by atoms with van der Waals surface area (Å²) in [6.07, 6.45) is 9.27. The van der Waals surface area contributed by atoms with E-state index in [9.17, 15) is 0 Å². The quantitative estimate of drug-likeness (QED) is 0.382. The fourth-order valence-electron chi connectivity index (χ4n) is 4.33. The smallest absolute Gasteiger partial charge is 0.211 e. The molecule has 1 aliphatic carbocycles. The Labute approximate surface area is 154 Å². The van der Waals surface area contributed by atoms with Gasteiger partial charge in [-0.25, -0.2) is 0 Å². The van der Waals surface area contributed by atoms with Crippen molar-refractivity contribution in [1.82, 2.24) is 0 Å². The molecule has 1 aliphatic heterocycles. The first-order chi connectivity index (χ1) is 12.7. The molecule has 0 N–H and O–H groups in total. The highest BCUT2D eigenvalue weighted by molar-refractivity contribution is 5.92. The molecule has 0 radical (unpaired) electrons. The van der Waals surface area contributed by atoms with Gasteiger partial charge in [-0.05, 0) is 86.6 Å². The lowest BCUT2D eigenvalue weighted by Crippen LogP contribution is -2.15. The minimum absolute atomic E-state index is 0.931. The van der Waals surface area contributed by atoms with E-state index in [1.165, 1.54) is 52.9 Å². The summed E-state index contributed by atoms with van der Waals surface area (Å²) in [5, 5.41) is 0. The molecule has 2 nitrogen and oxygen atoms in total. The summed E-state index contributed by atoms with van der Waals surface area (Å²) in [5.41, 5.74) is 9.09. The molecule has 1 aromatic heterocycles. The first-order valence-electron chi connectivity index (χ1n) is 9.51. The molecule has 0 fully saturated rings. The van der Waals surface area contributed by atoms with Crippen molar-refractivity contribution in [2.45, 2.75) is 39.5 Å². The van der Waals surface area contributed by atoms with Crippen molar-refractivity contribution in [2.75, 3.05) is 4.90 Å². The highest BCUT2D eigenvalue weighted by Gasteiger charge is 2.26. The first kappa shape index (κ1) is 15.5. The normalized spacial score (nSPS) is 15.2. The van der Waals surface area contributed by atoms with Gasteiger partial charge in [-0.2, -0.15) is 0 Å². The van der Waals surface area contributed by atoms with Crippen molar-refractivity contribution in [3.05, 3.63) is 76.0 Å². The second-order valence-corrected chi connectivity index (χ2v) is 7.47. The van der Waals surface area contributed by atoms with E-state index in [0.717, 1.165) is 23.6 Å². The molecule has 3 aromatic rings. The van der Waals surface area contributed by atoms with Crippen LogP contribution in [0.15, 0.2) is 46.9 Å². The number of rotatable bonds is 1. The maximum absolute atomic E-state index is 6.21. The average Bonchev–Trinajstić information content (AvgIpc) is 2.95. The molecule has 2 heteroatoms. The minimum atomic E-state index is 0.931. The van der Waals surface area contributed by atoms with Crippen LogP contribution in [0.4, 0.5) is 17.3 Å². The second-order valence-electron chi connectivity index (χ2n) is 7.47. The monoisotopic (exact) mass is 341 g/mol. The zero-order valence-electron chi connectivity index (χ0n) is 15.4. The van der Waals surface area contributed by atoms with Gasteiger partial charge in [-0.3, -0.25) is 4.90 Å². The van der Waals surface area contributed by atoms with Crippen LogP contribution in [-0.2, 0) is 12.8 Å². The summed E-state index contributed by atoms with van der Waals surface area (Å²) in [6.45, 7) is 4.17. The van der Waals surface area contributed by atoms with Crippen LogP contribution in [0.3, 0.4) is 0 Å².